The van der Waals surface area contributed by atoms with E-state index in [-0.39, 0.29) is 5.41 Å². The lowest BCUT2D eigenvalue weighted by molar-refractivity contribution is 0.226. The van der Waals surface area contributed by atoms with E-state index in [0.717, 1.165) is 5.56 Å². The molecule has 0 radical (unpaired) electrons. The van der Waals surface area contributed by atoms with Crippen LogP contribution >= 0.6 is 0 Å². The largest absolute Gasteiger partial charge is 0.405 e. The van der Waals surface area contributed by atoms with Crippen molar-refractivity contribution in [1.82, 2.24) is 4.98 Å². The number of hydrogen-bond donors (Lipinski definition) is 2. The first kappa shape index (κ1) is 23.9. The van der Waals surface area contributed by atoms with E-state index in [2.05, 4.69) is 57.8 Å². The topological polar surface area (TPSA) is 59.1 Å². The van der Waals surface area contributed by atoms with Crippen LogP contribution < -0.4 is 5.73 Å². The maximum absolute atomic E-state index is 9.76. The molecule has 0 spiro atoms. The maximum atomic E-state index is 9.76. The molecular weight excluding hydrogens is 344 g/mol. The van der Waals surface area contributed by atoms with Crippen LogP contribution in [0.2, 0.25) is 0 Å². The van der Waals surface area contributed by atoms with Crippen molar-refractivity contribution in [2.45, 2.75) is 66.4 Å². The number of aliphatic hydroxyl groups excluding tert-OH is 1. The van der Waals surface area contributed by atoms with Crippen LogP contribution in [-0.2, 0) is 0 Å². The highest BCUT2D eigenvalue weighted by Crippen LogP contribution is 2.31. The Morgan fingerprint density at radius 1 is 1.29 bits per heavy atom. The SMILES string of the molecule is CC(C)(C)/C=C/C(O)c1cccnc1.CC1(C)C/C=C/C(=C\C=C/N)CCC1. The van der Waals surface area contributed by atoms with Crippen LogP contribution in [0, 0.1) is 10.8 Å². The summed E-state index contributed by atoms with van der Waals surface area (Å²) in [6.07, 6.45) is 21.7. The summed E-state index contributed by atoms with van der Waals surface area (Å²) in [5.74, 6) is 0. The summed E-state index contributed by atoms with van der Waals surface area (Å²) in [5.41, 5.74) is 8.11. The first-order valence-corrected chi connectivity index (χ1v) is 10.1. The molecule has 28 heavy (non-hydrogen) atoms. The molecule has 3 nitrogen and oxygen atoms in total. The fourth-order valence-corrected chi connectivity index (χ4v) is 2.85. The van der Waals surface area contributed by atoms with Crippen LogP contribution in [-0.4, -0.2) is 10.1 Å². The predicted molar refractivity (Wildman–Crippen MR) is 121 cm³/mol. The van der Waals surface area contributed by atoms with E-state index >= 15 is 0 Å². The third-order valence-electron chi connectivity index (χ3n) is 4.55. The second-order valence-corrected chi connectivity index (χ2v) is 9.21. The van der Waals surface area contributed by atoms with Crippen LogP contribution in [0.3, 0.4) is 0 Å². The lowest BCUT2D eigenvalue weighted by Crippen LogP contribution is -2.11. The van der Waals surface area contributed by atoms with Crippen LogP contribution in [0.25, 0.3) is 0 Å². The van der Waals surface area contributed by atoms with Gasteiger partial charge < -0.3 is 10.8 Å². The Hall–Kier alpha value is -2.13. The van der Waals surface area contributed by atoms with Crippen LogP contribution in [0.4, 0.5) is 0 Å². The maximum Gasteiger partial charge on any atom is 0.0986 e. The molecule has 1 aliphatic carbocycles. The summed E-state index contributed by atoms with van der Waals surface area (Å²) >= 11 is 0. The van der Waals surface area contributed by atoms with Gasteiger partial charge in [0.05, 0.1) is 6.10 Å². The number of aliphatic hydroxyl groups is 1. The second-order valence-electron chi connectivity index (χ2n) is 9.21. The number of nitrogens with zero attached hydrogens (tertiary/aromatic N) is 1. The van der Waals surface area contributed by atoms with Gasteiger partial charge in [-0.05, 0) is 60.4 Å². The van der Waals surface area contributed by atoms with Crippen molar-refractivity contribution in [2.75, 3.05) is 0 Å². The van der Waals surface area contributed by atoms with Gasteiger partial charge in [0.15, 0.2) is 0 Å². The van der Waals surface area contributed by atoms with Crippen molar-refractivity contribution in [1.29, 1.82) is 0 Å². The van der Waals surface area contributed by atoms with E-state index in [1.165, 1.54) is 31.3 Å². The fraction of sp³-hybridized carbons (Fsp3) is 0.480. The molecule has 0 amide bonds. The molecular formula is C25H38N2O. The van der Waals surface area contributed by atoms with Crippen molar-refractivity contribution in [2.24, 2.45) is 16.6 Å². The average molecular weight is 383 g/mol. The molecule has 1 unspecified atom stereocenters. The standard InChI is InChI=1S/C13H21N.C12H17NO/c1-13(2)9-3-6-12(7-4-10-13)8-5-11-14;1-12(2,3)7-6-11(14)10-5-4-8-13-9-10/h3,5-6,8,11H,4,7,9-10,14H2,1-2H3;4-9,11,14H,1-3H3/b6-3+,11-5-,12-8+;7-6+. The number of allylic oxidation sites excluding steroid dienone is 6. The van der Waals surface area contributed by atoms with Crippen molar-refractivity contribution < 1.29 is 5.11 Å². The molecule has 154 valence electrons. The highest BCUT2D eigenvalue weighted by molar-refractivity contribution is 5.24. The third kappa shape index (κ3) is 10.9. The molecule has 1 heterocycles. The quantitative estimate of drug-likeness (QED) is 0.607. The number of hydrogen-bond acceptors (Lipinski definition) is 3. The summed E-state index contributed by atoms with van der Waals surface area (Å²) in [6, 6.07) is 3.69. The van der Waals surface area contributed by atoms with Gasteiger partial charge in [-0.3, -0.25) is 4.98 Å². The molecule has 0 saturated heterocycles. The first-order chi connectivity index (χ1) is 13.1. The number of pyridine rings is 1. The number of nitrogens with two attached hydrogens (primary N) is 1. The van der Waals surface area contributed by atoms with E-state index in [4.69, 9.17) is 5.73 Å². The van der Waals surface area contributed by atoms with Gasteiger partial charge >= 0.3 is 0 Å². The molecule has 1 aromatic rings. The van der Waals surface area contributed by atoms with Gasteiger partial charge in [-0.25, -0.2) is 0 Å². The summed E-state index contributed by atoms with van der Waals surface area (Å²) < 4.78 is 0. The smallest absolute Gasteiger partial charge is 0.0986 e. The lowest BCUT2D eigenvalue weighted by atomic mass is 9.81. The Morgan fingerprint density at radius 2 is 2.04 bits per heavy atom. The number of aromatic nitrogens is 1. The Labute approximate surface area is 171 Å². The van der Waals surface area contributed by atoms with Gasteiger partial charge in [0, 0.05) is 18.0 Å². The fourth-order valence-electron chi connectivity index (χ4n) is 2.85. The van der Waals surface area contributed by atoms with Crippen molar-refractivity contribution in [3.05, 3.63) is 78.3 Å². The Bertz CT molecular complexity index is 676. The van der Waals surface area contributed by atoms with E-state index in [1.54, 1.807) is 24.7 Å². The molecule has 0 bridgehead atoms. The Kier molecular flexibility index (Phi) is 9.95. The van der Waals surface area contributed by atoms with E-state index in [0.29, 0.717) is 5.41 Å². The van der Waals surface area contributed by atoms with E-state index < -0.39 is 6.10 Å². The molecule has 3 heteroatoms. The molecule has 0 aromatic carbocycles. The van der Waals surface area contributed by atoms with Gasteiger partial charge in [-0.1, -0.05) is 71.1 Å². The van der Waals surface area contributed by atoms with Gasteiger partial charge in [0.25, 0.3) is 0 Å². The highest BCUT2D eigenvalue weighted by atomic mass is 16.3. The van der Waals surface area contributed by atoms with Gasteiger partial charge in [0.1, 0.15) is 0 Å². The van der Waals surface area contributed by atoms with Crippen molar-refractivity contribution in [3.8, 4) is 0 Å². The molecule has 2 rings (SSSR count). The Morgan fingerprint density at radius 3 is 2.64 bits per heavy atom. The molecule has 0 aliphatic heterocycles. The monoisotopic (exact) mass is 382 g/mol. The van der Waals surface area contributed by atoms with Crippen LogP contribution in [0.1, 0.15) is 72.0 Å². The van der Waals surface area contributed by atoms with Crippen molar-refractivity contribution in [3.63, 3.8) is 0 Å². The van der Waals surface area contributed by atoms with E-state index in [1.807, 2.05) is 24.3 Å². The Balaban J connectivity index is 0.000000280. The van der Waals surface area contributed by atoms with E-state index in [9.17, 15) is 5.11 Å². The summed E-state index contributed by atoms with van der Waals surface area (Å²) in [6.45, 7) is 11.0. The predicted octanol–water partition coefficient (Wildman–Crippen LogP) is 6.26. The minimum atomic E-state index is -0.553. The zero-order valence-corrected chi connectivity index (χ0v) is 18.2. The summed E-state index contributed by atoms with van der Waals surface area (Å²) in [7, 11) is 0. The third-order valence-corrected chi connectivity index (χ3v) is 4.55. The zero-order valence-electron chi connectivity index (χ0n) is 18.2. The highest BCUT2D eigenvalue weighted by Gasteiger charge is 2.16. The minimum Gasteiger partial charge on any atom is -0.405 e. The average Bonchev–Trinajstić information content (AvgIpc) is 2.62. The zero-order chi connectivity index (χ0) is 21.0. The molecule has 1 aromatic heterocycles. The first-order valence-electron chi connectivity index (χ1n) is 10.1. The summed E-state index contributed by atoms with van der Waals surface area (Å²) in [4.78, 5) is 3.96. The summed E-state index contributed by atoms with van der Waals surface area (Å²) in [5, 5.41) is 9.76. The molecule has 3 N–H and O–H groups in total. The molecule has 1 atom stereocenters. The molecule has 0 saturated carbocycles. The van der Waals surface area contributed by atoms with Gasteiger partial charge in [-0.15, -0.1) is 0 Å². The van der Waals surface area contributed by atoms with Gasteiger partial charge in [0.2, 0.25) is 0 Å². The lowest BCUT2D eigenvalue weighted by Gasteiger charge is -2.24. The second kappa shape index (κ2) is 11.7. The van der Waals surface area contributed by atoms with Crippen LogP contribution in [0.15, 0.2) is 72.8 Å². The normalized spacial score (nSPS) is 21.0. The van der Waals surface area contributed by atoms with Crippen molar-refractivity contribution >= 4 is 0 Å². The molecule has 1 aliphatic rings. The molecule has 0 fully saturated rings. The van der Waals surface area contributed by atoms with Gasteiger partial charge in [-0.2, -0.15) is 0 Å². The minimum absolute atomic E-state index is 0.100. The number of rotatable bonds is 3. The van der Waals surface area contributed by atoms with Crippen LogP contribution in [0.5, 0.6) is 0 Å².